The van der Waals surface area contributed by atoms with Crippen molar-refractivity contribution < 1.29 is 26.4 Å². The quantitative estimate of drug-likeness (QED) is 0.280. The summed E-state index contributed by atoms with van der Waals surface area (Å²) in [4.78, 5) is 19.6. The maximum atomic E-state index is 15.3. The summed E-state index contributed by atoms with van der Waals surface area (Å²) >= 11 is 5.94. The molecule has 0 saturated heterocycles. The van der Waals surface area contributed by atoms with Crippen LogP contribution in [0.4, 0.5) is 14.5 Å². The minimum Gasteiger partial charge on any atom is -0.464 e. The van der Waals surface area contributed by atoms with Gasteiger partial charge in [-0.15, -0.1) is 0 Å². The number of sulfonamides is 1. The molecule has 0 bridgehead atoms. The lowest BCUT2D eigenvalue weighted by molar-refractivity contribution is 0.103. The average Bonchev–Trinajstić information content (AvgIpc) is 3.51. The van der Waals surface area contributed by atoms with E-state index >= 15 is 4.39 Å². The zero-order valence-electron chi connectivity index (χ0n) is 17.6. The topological polar surface area (TPSA) is 105 Å². The van der Waals surface area contributed by atoms with Crippen molar-refractivity contribution in [1.29, 1.82) is 0 Å². The third kappa shape index (κ3) is 4.17. The number of aromatic amines is 1. The van der Waals surface area contributed by atoms with Crippen molar-refractivity contribution >= 4 is 44.1 Å². The van der Waals surface area contributed by atoms with Gasteiger partial charge in [-0.25, -0.2) is 22.2 Å². The zero-order chi connectivity index (χ0) is 24.7. The van der Waals surface area contributed by atoms with Crippen LogP contribution in [0.3, 0.4) is 0 Å². The fourth-order valence-electron chi connectivity index (χ4n) is 3.58. The molecule has 7 nitrogen and oxygen atoms in total. The number of halogens is 3. The fraction of sp³-hybridized carbons (Fsp3) is 0. The number of rotatable bonds is 6. The third-order valence-electron chi connectivity index (χ3n) is 5.28. The number of hydrogen-bond donors (Lipinski definition) is 2. The van der Waals surface area contributed by atoms with Crippen LogP contribution in [-0.2, 0) is 10.0 Å². The van der Waals surface area contributed by atoms with Crippen molar-refractivity contribution in [2.24, 2.45) is 0 Å². The number of carbonyl (C=O) groups is 1. The van der Waals surface area contributed by atoms with Gasteiger partial charge in [0, 0.05) is 28.9 Å². The number of benzene rings is 2. The summed E-state index contributed by atoms with van der Waals surface area (Å²) in [5.41, 5.74) is -0.627. The number of nitrogens with one attached hydrogen (secondary N) is 2. The van der Waals surface area contributed by atoms with Gasteiger partial charge in [-0.2, -0.15) is 0 Å². The van der Waals surface area contributed by atoms with E-state index in [1.807, 2.05) is 0 Å². The third-order valence-corrected chi connectivity index (χ3v) is 6.86. The molecule has 2 aromatic carbocycles. The number of ketones is 1. The summed E-state index contributed by atoms with van der Waals surface area (Å²) < 4.78 is 62.9. The highest BCUT2D eigenvalue weighted by atomic mass is 35.5. The van der Waals surface area contributed by atoms with E-state index in [1.165, 1.54) is 49.0 Å². The molecule has 0 atom stereocenters. The highest BCUT2D eigenvalue weighted by Crippen LogP contribution is 2.29. The van der Waals surface area contributed by atoms with E-state index in [4.69, 9.17) is 16.0 Å². The van der Waals surface area contributed by atoms with Crippen molar-refractivity contribution in [3.8, 4) is 11.3 Å². The van der Waals surface area contributed by atoms with Gasteiger partial charge in [-0.3, -0.25) is 9.52 Å². The Morgan fingerprint density at radius 3 is 2.57 bits per heavy atom. The molecular formula is C24H14ClF2N3O4S. The molecule has 0 aliphatic heterocycles. The minimum atomic E-state index is -4.26. The van der Waals surface area contributed by atoms with Crippen LogP contribution in [0, 0.1) is 11.6 Å². The highest BCUT2D eigenvalue weighted by molar-refractivity contribution is 7.92. The van der Waals surface area contributed by atoms with E-state index in [1.54, 1.807) is 12.1 Å². The minimum absolute atomic E-state index is 0.0682. The predicted molar refractivity (Wildman–Crippen MR) is 126 cm³/mol. The summed E-state index contributed by atoms with van der Waals surface area (Å²) in [5.74, 6) is -2.96. The number of pyridine rings is 1. The first-order valence-corrected chi connectivity index (χ1v) is 11.9. The van der Waals surface area contributed by atoms with Crippen LogP contribution in [0.2, 0.25) is 5.02 Å². The Kier molecular flexibility index (Phi) is 5.62. The number of H-pyrrole nitrogens is 1. The van der Waals surface area contributed by atoms with Crippen LogP contribution in [0.5, 0.6) is 0 Å². The van der Waals surface area contributed by atoms with Crippen LogP contribution in [0.25, 0.3) is 22.4 Å². The first kappa shape index (κ1) is 22.8. The van der Waals surface area contributed by atoms with E-state index < -0.39 is 38.7 Å². The number of furan rings is 1. The van der Waals surface area contributed by atoms with Gasteiger partial charge in [-0.1, -0.05) is 11.6 Å². The standard InChI is InChI=1S/C24H14ClF2N3O4S/c25-14-10-16-17(12-29-24(16)28-11-14)23(31)21-18(26)7-8-19(22(21)27)30-35(32,33)15-5-3-13(4-6-15)20-2-1-9-34-20/h1-12,30H,(H,28,29). The molecule has 0 saturated carbocycles. The van der Waals surface area contributed by atoms with Crippen LogP contribution in [0.1, 0.15) is 15.9 Å². The van der Waals surface area contributed by atoms with Crippen molar-refractivity contribution in [1.82, 2.24) is 9.97 Å². The summed E-state index contributed by atoms with van der Waals surface area (Å²) in [5, 5.41) is 0.496. The van der Waals surface area contributed by atoms with Crippen LogP contribution in [0.15, 0.2) is 82.6 Å². The molecule has 0 aliphatic carbocycles. The lowest BCUT2D eigenvalue weighted by Crippen LogP contribution is -2.16. The fourth-order valence-corrected chi connectivity index (χ4v) is 4.80. The molecule has 0 unspecified atom stereocenters. The smallest absolute Gasteiger partial charge is 0.261 e. The van der Waals surface area contributed by atoms with Gasteiger partial charge >= 0.3 is 0 Å². The number of fused-ring (bicyclic) bond motifs is 1. The summed E-state index contributed by atoms with van der Waals surface area (Å²) in [6, 6.07) is 12.2. The Balaban J connectivity index is 1.49. The molecule has 0 amide bonds. The number of nitrogens with zero attached hydrogens (tertiary/aromatic N) is 1. The molecule has 0 radical (unpaired) electrons. The number of carbonyl (C=O) groups excluding carboxylic acids is 1. The molecule has 0 spiro atoms. The van der Waals surface area contributed by atoms with Crippen molar-refractivity contribution in [3.63, 3.8) is 0 Å². The number of aromatic nitrogens is 2. The predicted octanol–water partition coefficient (Wildman–Crippen LogP) is 5.79. The monoisotopic (exact) mass is 513 g/mol. The summed E-state index contributed by atoms with van der Waals surface area (Å²) in [6.45, 7) is 0. The Bertz CT molecular complexity index is 1680. The molecule has 3 aromatic heterocycles. The highest BCUT2D eigenvalue weighted by Gasteiger charge is 2.26. The van der Waals surface area contributed by atoms with Crippen LogP contribution in [-0.4, -0.2) is 24.2 Å². The first-order chi connectivity index (χ1) is 16.7. The first-order valence-electron chi connectivity index (χ1n) is 10.1. The second kappa shape index (κ2) is 8.64. The van der Waals surface area contributed by atoms with Crippen molar-refractivity contribution in [2.45, 2.75) is 4.90 Å². The van der Waals surface area contributed by atoms with Gasteiger partial charge < -0.3 is 9.40 Å². The SMILES string of the molecule is O=C(c1c(F)ccc(NS(=O)(=O)c2ccc(-c3ccco3)cc2)c1F)c1c[nH]c2ncc(Cl)cc12. The largest absolute Gasteiger partial charge is 0.464 e. The van der Waals surface area contributed by atoms with Crippen LogP contribution >= 0.6 is 11.6 Å². The Morgan fingerprint density at radius 2 is 1.86 bits per heavy atom. The molecule has 5 aromatic rings. The van der Waals surface area contributed by atoms with E-state index in [-0.39, 0.29) is 20.9 Å². The molecule has 176 valence electrons. The van der Waals surface area contributed by atoms with Gasteiger partial charge in [0.2, 0.25) is 5.78 Å². The van der Waals surface area contributed by atoms with Crippen molar-refractivity contribution in [2.75, 3.05) is 4.72 Å². The zero-order valence-corrected chi connectivity index (χ0v) is 19.1. The maximum Gasteiger partial charge on any atom is 0.261 e. The molecule has 3 heterocycles. The molecule has 35 heavy (non-hydrogen) atoms. The van der Waals surface area contributed by atoms with E-state index in [2.05, 4.69) is 14.7 Å². The second-order valence-corrected chi connectivity index (χ2v) is 9.59. The lowest BCUT2D eigenvalue weighted by Gasteiger charge is -2.12. The molecule has 2 N–H and O–H groups in total. The Morgan fingerprint density at radius 1 is 1.09 bits per heavy atom. The maximum absolute atomic E-state index is 15.3. The van der Waals surface area contributed by atoms with Gasteiger partial charge in [0.05, 0.1) is 27.4 Å². The average molecular weight is 514 g/mol. The number of hydrogen-bond acceptors (Lipinski definition) is 5. The van der Waals surface area contributed by atoms with E-state index in [0.717, 1.165) is 12.1 Å². The molecule has 0 aliphatic rings. The van der Waals surface area contributed by atoms with Gasteiger partial charge in [0.25, 0.3) is 10.0 Å². The van der Waals surface area contributed by atoms with Gasteiger partial charge in [0.1, 0.15) is 17.2 Å². The van der Waals surface area contributed by atoms with Crippen LogP contribution < -0.4 is 4.72 Å². The van der Waals surface area contributed by atoms with Crippen molar-refractivity contribution in [3.05, 3.63) is 101 Å². The van der Waals surface area contributed by atoms with E-state index in [0.29, 0.717) is 17.0 Å². The normalized spacial score (nSPS) is 11.6. The molecule has 11 heteroatoms. The Hall–Kier alpha value is -4.02. The molecule has 0 fully saturated rings. The molecule has 5 rings (SSSR count). The second-order valence-electron chi connectivity index (χ2n) is 7.47. The van der Waals surface area contributed by atoms with Gasteiger partial charge in [-0.05, 0) is 54.6 Å². The summed E-state index contributed by atoms with van der Waals surface area (Å²) in [6.07, 6.45) is 4.10. The lowest BCUT2D eigenvalue weighted by atomic mass is 10.0. The number of anilines is 1. The summed E-state index contributed by atoms with van der Waals surface area (Å²) in [7, 11) is -4.26. The van der Waals surface area contributed by atoms with E-state index in [9.17, 15) is 17.6 Å². The molecular weight excluding hydrogens is 500 g/mol. The van der Waals surface area contributed by atoms with Gasteiger partial charge in [0.15, 0.2) is 5.82 Å². The Labute approximate surface area is 202 Å².